The number of non-ortho nitro benzene ring substituents is 1. The highest BCUT2D eigenvalue weighted by atomic mass is 32.2. The van der Waals surface area contributed by atoms with Crippen LogP contribution in [0.5, 0.6) is 0 Å². The van der Waals surface area contributed by atoms with Crippen molar-refractivity contribution < 1.29 is 18.1 Å². The zero-order chi connectivity index (χ0) is 21.2. The summed E-state index contributed by atoms with van der Waals surface area (Å²) in [6, 6.07) is 10.1. The number of nitrogens with one attached hydrogen (secondary N) is 1. The highest BCUT2D eigenvalue weighted by molar-refractivity contribution is 7.92. The molecule has 29 heavy (non-hydrogen) atoms. The number of nitro groups is 1. The van der Waals surface area contributed by atoms with E-state index in [1.807, 2.05) is 6.07 Å². The van der Waals surface area contributed by atoms with Crippen LogP contribution >= 0.6 is 0 Å². The predicted molar refractivity (Wildman–Crippen MR) is 107 cm³/mol. The molecule has 1 N–H and O–H groups in total. The van der Waals surface area contributed by atoms with E-state index in [1.165, 1.54) is 22.5 Å². The fourth-order valence-electron chi connectivity index (χ4n) is 3.18. The molecule has 0 bridgehead atoms. The van der Waals surface area contributed by atoms with Crippen molar-refractivity contribution in [1.29, 1.82) is 5.26 Å². The monoisotopic (exact) mass is 414 g/mol. The van der Waals surface area contributed by atoms with Crippen LogP contribution in [-0.4, -0.2) is 31.5 Å². The lowest BCUT2D eigenvalue weighted by Crippen LogP contribution is -2.38. The molecule has 1 fully saturated rings. The first-order valence-corrected chi connectivity index (χ1v) is 10.4. The lowest BCUT2D eigenvalue weighted by molar-refractivity contribution is -0.384. The molecule has 1 saturated heterocycles. The molecule has 10 heteroatoms. The Morgan fingerprint density at radius 1 is 1.24 bits per heavy atom. The van der Waals surface area contributed by atoms with E-state index in [0.717, 1.165) is 12.5 Å². The van der Waals surface area contributed by atoms with Gasteiger partial charge in [-0.2, -0.15) is 5.26 Å². The molecule has 0 unspecified atom stereocenters. The standard InChI is InChI=1S/C19H18N4O5S/c1-13-10-14(4-7-18(13)22-8-2-3-9-29(22,27)28)19(24)21-17-6-5-16(23(25)26)11-15(17)12-20/h4-7,10-11H,2-3,8-9H2,1H3,(H,21,24). The number of rotatable bonds is 4. The van der Waals surface area contributed by atoms with Gasteiger partial charge in [0, 0.05) is 24.2 Å². The summed E-state index contributed by atoms with van der Waals surface area (Å²) in [5.41, 5.74) is 1.33. The molecule has 9 nitrogen and oxygen atoms in total. The fourth-order valence-corrected chi connectivity index (χ4v) is 4.88. The number of nitro benzene ring substituents is 1. The smallest absolute Gasteiger partial charge is 0.270 e. The lowest BCUT2D eigenvalue weighted by Gasteiger charge is -2.29. The summed E-state index contributed by atoms with van der Waals surface area (Å²) in [5.74, 6) is -0.405. The van der Waals surface area contributed by atoms with Crippen molar-refractivity contribution >= 4 is 33.0 Å². The maximum Gasteiger partial charge on any atom is 0.270 e. The Labute approximate surface area is 167 Å². The van der Waals surface area contributed by atoms with Gasteiger partial charge in [0.05, 0.1) is 27.6 Å². The third-order valence-electron chi connectivity index (χ3n) is 4.66. The summed E-state index contributed by atoms with van der Waals surface area (Å²) in [4.78, 5) is 22.8. The Morgan fingerprint density at radius 2 is 2.00 bits per heavy atom. The van der Waals surface area contributed by atoms with Gasteiger partial charge in [-0.3, -0.25) is 19.2 Å². The van der Waals surface area contributed by atoms with Crippen molar-refractivity contribution in [2.75, 3.05) is 21.9 Å². The molecule has 0 spiro atoms. The minimum absolute atomic E-state index is 0.0275. The molecule has 0 aliphatic carbocycles. The maximum atomic E-state index is 12.6. The van der Waals surface area contributed by atoms with Crippen LogP contribution in [0, 0.1) is 28.4 Å². The Morgan fingerprint density at radius 3 is 2.62 bits per heavy atom. The molecule has 1 aliphatic heterocycles. The quantitative estimate of drug-likeness (QED) is 0.604. The van der Waals surface area contributed by atoms with E-state index >= 15 is 0 Å². The van der Waals surface area contributed by atoms with Gasteiger partial charge in [-0.25, -0.2) is 8.42 Å². The van der Waals surface area contributed by atoms with Gasteiger partial charge in [0.15, 0.2) is 0 Å². The first-order chi connectivity index (χ1) is 13.7. The average Bonchev–Trinajstić information content (AvgIpc) is 2.68. The average molecular weight is 414 g/mol. The second-order valence-electron chi connectivity index (χ2n) is 6.65. The lowest BCUT2D eigenvalue weighted by atomic mass is 10.1. The van der Waals surface area contributed by atoms with Crippen molar-refractivity contribution in [3.63, 3.8) is 0 Å². The number of carbonyl (C=O) groups is 1. The van der Waals surface area contributed by atoms with Gasteiger partial charge < -0.3 is 5.32 Å². The first-order valence-electron chi connectivity index (χ1n) is 8.84. The molecule has 1 amide bonds. The second kappa shape index (κ2) is 7.89. The number of aryl methyl sites for hydroxylation is 1. The molecule has 150 valence electrons. The van der Waals surface area contributed by atoms with Gasteiger partial charge in [0.1, 0.15) is 6.07 Å². The number of amides is 1. The Hall–Kier alpha value is -3.45. The Bertz CT molecular complexity index is 1140. The Kier molecular flexibility index (Phi) is 5.52. The number of hydrogen-bond acceptors (Lipinski definition) is 6. The largest absolute Gasteiger partial charge is 0.321 e. The third kappa shape index (κ3) is 4.20. The van der Waals surface area contributed by atoms with Gasteiger partial charge in [-0.1, -0.05) is 0 Å². The topological polar surface area (TPSA) is 133 Å². The third-order valence-corrected chi connectivity index (χ3v) is 6.51. The van der Waals surface area contributed by atoms with Crippen LogP contribution in [0.1, 0.15) is 34.3 Å². The highest BCUT2D eigenvalue weighted by Gasteiger charge is 2.27. The predicted octanol–water partition coefficient (Wildman–Crippen LogP) is 2.96. The van der Waals surface area contributed by atoms with E-state index in [-0.39, 0.29) is 28.3 Å². The molecule has 1 heterocycles. The summed E-state index contributed by atoms with van der Waals surface area (Å²) >= 11 is 0. The van der Waals surface area contributed by atoms with Gasteiger partial charge in [0.25, 0.3) is 11.6 Å². The minimum atomic E-state index is -3.36. The summed E-state index contributed by atoms with van der Waals surface area (Å²) in [6.07, 6.45) is 1.41. The van der Waals surface area contributed by atoms with Crippen LogP contribution in [0.4, 0.5) is 17.1 Å². The molecule has 2 aromatic rings. The molecule has 3 rings (SSSR count). The van der Waals surface area contributed by atoms with Crippen LogP contribution in [0.25, 0.3) is 0 Å². The van der Waals surface area contributed by atoms with E-state index in [4.69, 9.17) is 0 Å². The van der Waals surface area contributed by atoms with E-state index in [1.54, 1.807) is 19.1 Å². The number of carbonyl (C=O) groups excluding carboxylic acids is 1. The minimum Gasteiger partial charge on any atom is -0.321 e. The number of nitrogens with zero attached hydrogens (tertiary/aromatic N) is 3. The summed E-state index contributed by atoms with van der Waals surface area (Å²) < 4.78 is 26.0. The van der Waals surface area contributed by atoms with Crippen molar-refractivity contribution in [2.45, 2.75) is 19.8 Å². The SMILES string of the molecule is Cc1cc(C(=O)Nc2ccc([N+](=O)[O-])cc2C#N)ccc1N1CCCCS1(=O)=O. The molecule has 1 aliphatic rings. The molecular formula is C19H18N4O5S. The number of hydrogen-bond donors (Lipinski definition) is 1. The second-order valence-corrected chi connectivity index (χ2v) is 8.66. The van der Waals surface area contributed by atoms with Crippen molar-refractivity contribution in [2.24, 2.45) is 0 Å². The van der Waals surface area contributed by atoms with Crippen LogP contribution in [0.3, 0.4) is 0 Å². The van der Waals surface area contributed by atoms with Gasteiger partial charge in [-0.05, 0) is 49.6 Å². The number of sulfonamides is 1. The summed E-state index contributed by atoms with van der Waals surface area (Å²) in [6.45, 7) is 2.13. The van der Waals surface area contributed by atoms with Crippen LogP contribution < -0.4 is 9.62 Å². The van der Waals surface area contributed by atoms with Crippen LogP contribution in [-0.2, 0) is 10.0 Å². The van der Waals surface area contributed by atoms with Crippen molar-refractivity contribution in [3.8, 4) is 6.07 Å². The normalized spacial score (nSPS) is 15.4. The van der Waals surface area contributed by atoms with E-state index < -0.39 is 20.9 Å². The Balaban J connectivity index is 1.85. The number of nitriles is 1. The molecule has 0 atom stereocenters. The van der Waals surface area contributed by atoms with Crippen LogP contribution in [0.15, 0.2) is 36.4 Å². The summed E-state index contributed by atoms with van der Waals surface area (Å²) in [5, 5.41) is 22.6. The fraction of sp³-hybridized carbons (Fsp3) is 0.263. The number of anilines is 2. The highest BCUT2D eigenvalue weighted by Crippen LogP contribution is 2.28. The molecule has 0 radical (unpaired) electrons. The molecule has 0 saturated carbocycles. The van der Waals surface area contributed by atoms with Crippen LogP contribution in [0.2, 0.25) is 0 Å². The molecule has 0 aromatic heterocycles. The van der Waals surface area contributed by atoms with Crippen molar-refractivity contribution in [1.82, 2.24) is 0 Å². The van der Waals surface area contributed by atoms with Gasteiger partial charge in [-0.15, -0.1) is 0 Å². The summed E-state index contributed by atoms with van der Waals surface area (Å²) in [7, 11) is -3.36. The van der Waals surface area contributed by atoms with E-state index in [2.05, 4.69) is 5.32 Å². The van der Waals surface area contributed by atoms with E-state index in [9.17, 15) is 28.6 Å². The van der Waals surface area contributed by atoms with Gasteiger partial charge >= 0.3 is 0 Å². The number of benzene rings is 2. The maximum absolute atomic E-state index is 12.6. The molecular weight excluding hydrogens is 396 g/mol. The zero-order valence-electron chi connectivity index (χ0n) is 15.6. The van der Waals surface area contributed by atoms with E-state index in [0.29, 0.717) is 24.2 Å². The first kappa shape index (κ1) is 20.3. The van der Waals surface area contributed by atoms with Gasteiger partial charge in [0.2, 0.25) is 10.0 Å². The zero-order valence-corrected chi connectivity index (χ0v) is 16.4. The van der Waals surface area contributed by atoms with Crippen molar-refractivity contribution in [3.05, 3.63) is 63.2 Å². The molecule has 2 aromatic carbocycles.